The van der Waals surface area contributed by atoms with Crippen LogP contribution in [0.1, 0.15) is 61.0 Å². The largest absolute Gasteiger partial charge is 0.508 e. The summed E-state index contributed by atoms with van der Waals surface area (Å²) < 4.78 is 17.8. The molecule has 7 heteroatoms. The molecule has 160 valence electrons. The highest BCUT2D eigenvalue weighted by Gasteiger charge is 2.53. The number of hydrogen-bond acceptors (Lipinski definition) is 6. The molecule has 0 unspecified atom stereocenters. The summed E-state index contributed by atoms with van der Waals surface area (Å²) in [4.78, 5) is 14.6. The van der Waals surface area contributed by atoms with Crippen LogP contribution in [0.3, 0.4) is 0 Å². The summed E-state index contributed by atoms with van der Waals surface area (Å²) in [5.74, 6) is 1.71. The lowest BCUT2D eigenvalue weighted by atomic mass is 9.64. The van der Waals surface area contributed by atoms with Crippen molar-refractivity contribution in [3.05, 3.63) is 41.3 Å². The van der Waals surface area contributed by atoms with Gasteiger partial charge in [0.15, 0.2) is 5.69 Å². The van der Waals surface area contributed by atoms with Crippen LogP contribution in [0.4, 0.5) is 0 Å². The maximum absolute atomic E-state index is 12.7. The van der Waals surface area contributed by atoms with Crippen molar-refractivity contribution in [3.63, 3.8) is 0 Å². The van der Waals surface area contributed by atoms with Gasteiger partial charge in [0.2, 0.25) is 0 Å². The van der Waals surface area contributed by atoms with Gasteiger partial charge in [0.05, 0.1) is 12.7 Å². The number of carbonyl (C=O) groups is 1. The molecule has 2 aromatic rings. The Hall–Kier alpha value is -2.54. The molecule has 7 nitrogen and oxygen atoms in total. The number of amides is 1. The minimum absolute atomic E-state index is 0.0345. The van der Waals surface area contributed by atoms with E-state index in [9.17, 15) is 9.90 Å². The number of ether oxygens (including phenoxy) is 2. The van der Waals surface area contributed by atoms with E-state index in [1.807, 2.05) is 11.0 Å². The Bertz CT molecular complexity index is 974. The molecule has 1 N–H and O–H groups in total. The highest BCUT2D eigenvalue weighted by molar-refractivity contribution is 5.92. The predicted octanol–water partition coefficient (Wildman–Crippen LogP) is 3.86. The number of aromatic hydroxyl groups is 1. The summed E-state index contributed by atoms with van der Waals surface area (Å²) in [5, 5.41) is 13.7. The van der Waals surface area contributed by atoms with Crippen molar-refractivity contribution in [1.82, 2.24) is 10.1 Å². The van der Waals surface area contributed by atoms with Crippen molar-refractivity contribution in [1.29, 1.82) is 0 Å². The zero-order chi connectivity index (χ0) is 21.1. The normalized spacial score (nSPS) is 26.6. The fraction of sp³-hybridized carbons (Fsp3) is 0.565. The molecule has 0 aliphatic carbocycles. The smallest absolute Gasteiger partial charge is 0.276 e. The van der Waals surface area contributed by atoms with E-state index in [4.69, 9.17) is 14.0 Å². The van der Waals surface area contributed by atoms with Gasteiger partial charge in [-0.2, -0.15) is 0 Å². The molecule has 1 amide bonds. The first-order valence-electron chi connectivity index (χ1n) is 10.6. The van der Waals surface area contributed by atoms with Crippen molar-refractivity contribution in [3.8, 4) is 11.5 Å². The van der Waals surface area contributed by atoms with E-state index < -0.39 is 5.60 Å². The summed E-state index contributed by atoms with van der Waals surface area (Å²) in [7, 11) is 0. The highest BCUT2D eigenvalue weighted by atomic mass is 16.5. The molecule has 0 radical (unpaired) electrons. The van der Waals surface area contributed by atoms with E-state index in [1.165, 1.54) is 0 Å². The Kier molecular flexibility index (Phi) is 4.36. The molecule has 1 aromatic heterocycles. The van der Waals surface area contributed by atoms with Crippen molar-refractivity contribution in [2.24, 2.45) is 11.3 Å². The van der Waals surface area contributed by atoms with Crippen molar-refractivity contribution >= 4 is 5.91 Å². The van der Waals surface area contributed by atoms with Gasteiger partial charge in [-0.25, -0.2) is 0 Å². The molecule has 5 rings (SSSR count). The molecule has 2 saturated heterocycles. The topological polar surface area (TPSA) is 85.0 Å². The third-order valence-corrected chi connectivity index (χ3v) is 7.12. The lowest BCUT2D eigenvalue weighted by molar-refractivity contribution is -0.173. The molecule has 4 heterocycles. The molecule has 2 atom stereocenters. The maximum atomic E-state index is 12.7. The lowest BCUT2D eigenvalue weighted by Crippen LogP contribution is -2.54. The fourth-order valence-electron chi connectivity index (χ4n) is 5.30. The second kappa shape index (κ2) is 6.74. The van der Waals surface area contributed by atoms with Gasteiger partial charge >= 0.3 is 0 Å². The molecular weight excluding hydrogens is 384 g/mol. The third kappa shape index (κ3) is 3.16. The second-order valence-corrected chi connectivity index (χ2v) is 9.58. The predicted molar refractivity (Wildman–Crippen MR) is 108 cm³/mol. The van der Waals surface area contributed by atoms with Crippen LogP contribution in [-0.4, -0.2) is 46.4 Å². The van der Waals surface area contributed by atoms with E-state index in [1.54, 1.807) is 25.1 Å². The number of likely N-dealkylation sites (tertiary alicyclic amines) is 1. The van der Waals surface area contributed by atoms with Gasteiger partial charge < -0.3 is 24.0 Å². The van der Waals surface area contributed by atoms with Crippen molar-refractivity contribution in [2.75, 3.05) is 19.7 Å². The second-order valence-electron chi connectivity index (χ2n) is 9.58. The van der Waals surface area contributed by atoms with Crippen LogP contribution in [0.2, 0.25) is 0 Å². The molecule has 2 fully saturated rings. The van der Waals surface area contributed by atoms with Gasteiger partial charge in [0.1, 0.15) is 22.9 Å². The molecule has 3 aliphatic heterocycles. The standard InChI is InChI=1S/C23H28N2O5/c1-14-10-18(24-30-14)21(27)25-8-6-23(7-9-25)12-17-20(28-13-23)16-5-4-15(26)11-19(16)29-22(17,2)3/h4-5,10-11,17,20,26H,6-9,12-13H2,1-3H3/t17-,20+/m0/s1. The van der Waals surface area contributed by atoms with Gasteiger partial charge in [-0.15, -0.1) is 0 Å². The first-order valence-corrected chi connectivity index (χ1v) is 10.6. The molecule has 1 spiro atoms. The maximum Gasteiger partial charge on any atom is 0.276 e. The van der Waals surface area contributed by atoms with Crippen LogP contribution in [0.15, 0.2) is 28.8 Å². The summed E-state index contributed by atoms with van der Waals surface area (Å²) in [6.07, 6.45) is 2.76. The number of phenolic OH excluding ortho intramolecular Hbond substituents is 1. The Labute approximate surface area is 175 Å². The minimum Gasteiger partial charge on any atom is -0.508 e. The van der Waals surface area contributed by atoms with E-state index in [-0.39, 0.29) is 29.1 Å². The fourth-order valence-corrected chi connectivity index (χ4v) is 5.30. The average Bonchev–Trinajstić information content (AvgIpc) is 3.14. The van der Waals surface area contributed by atoms with E-state index >= 15 is 0 Å². The zero-order valence-electron chi connectivity index (χ0n) is 17.7. The Morgan fingerprint density at radius 1 is 1.23 bits per heavy atom. The van der Waals surface area contributed by atoms with Crippen LogP contribution < -0.4 is 4.74 Å². The Morgan fingerprint density at radius 2 is 2.00 bits per heavy atom. The number of aryl methyl sites for hydroxylation is 1. The Balaban J connectivity index is 1.32. The number of aromatic nitrogens is 1. The number of benzene rings is 1. The number of fused-ring (bicyclic) bond motifs is 3. The van der Waals surface area contributed by atoms with Gasteiger partial charge in [-0.1, -0.05) is 5.16 Å². The number of carbonyl (C=O) groups excluding carboxylic acids is 1. The van der Waals surface area contributed by atoms with Crippen LogP contribution in [0, 0.1) is 18.3 Å². The highest BCUT2D eigenvalue weighted by Crippen LogP contribution is 2.55. The van der Waals surface area contributed by atoms with E-state index in [0.717, 1.165) is 24.8 Å². The third-order valence-electron chi connectivity index (χ3n) is 7.12. The molecule has 3 aliphatic rings. The van der Waals surface area contributed by atoms with Crippen LogP contribution in [0.25, 0.3) is 0 Å². The molecule has 0 bridgehead atoms. The quantitative estimate of drug-likeness (QED) is 0.766. The molecule has 1 aromatic carbocycles. The zero-order valence-corrected chi connectivity index (χ0v) is 17.7. The van der Waals surface area contributed by atoms with Gasteiger partial charge in [-0.05, 0) is 57.6 Å². The number of nitrogens with zero attached hydrogens (tertiary/aromatic N) is 2. The summed E-state index contributed by atoms with van der Waals surface area (Å²) >= 11 is 0. The SMILES string of the molecule is Cc1cc(C(=O)N2CCC3(CC2)CO[C@@H]2c4ccc(O)cc4OC(C)(C)[C@H]2C3)no1. The first kappa shape index (κ1) is 19.4. The first-order chi connectivity index (χ1) is 14.3. The van der Waals surface area contributed by atoms with Crippen LogP contribution in [-0.2, 0) is 4.74 Å². The molecule has 30 heavy (non-hydrogen) atoms. The Morgan fingerprint density at radius 3 is 2.70 bits per heavy atom. The summed E-state index contributed by atoms with van der Waals surface area (Å²) in [6, 6.07) is 6.98. The minimum atomic E-state index is -0.399. The van der Waals surface area contributed by atoms with Gasteiger partial charge in [0, 0.05) is 36.7 Å². The van der Waals surface area contributed by atoms with Crippen LogP contribution >= 0.6 is 0 Å². The lowest BCUT2D eigenvalue weighted by Gasteiger charge is -2.54. The number of piperidine rings is 1. The summed E-state index contributed by atoms with van der Waals surface area (Å²) in [6.45, 7) is 8.06. The van der Waals surface area contributed by atoms with Gasteiger partial charge in [-0.3, -0.25) is 4.79 Å². The number of hydrogen-bond donors (Lipinski definition) is 1. The molecule has 0 saturated carbocycles. The van der Waals surface area contributed by atoms with Crippen LogP contribution in [0.5, 0.6) is 11.5 Å². The van der Waals surface area contributed by atoms with E-state index in [0.29, 0.717) is 36.9 Å². The molecular formula is C23H28N2O5. The van der Waals surface area contributed by atoms with Gasteiger partial charge in [0.25, 0.3) is 5.91 Å². The average molecular weight is 412 g/mol. The van der Waals surface area contributed by atoms with E-state index in [2.05, 4.69) is 19.0 Å². The van der Waals surface area contributed by atoms with Crippen molar-refractivity contribution in [2.45, 2.75) is 51.7 Å². The summed E-state index contributed by atoms with van der Waals surface area (Å²) in [5.41, 5.74) is 1.04. The van der Waals surface area contributed by atoms with Crippen molar-refractivity contribution < 1.29 is 23.9 Å². The number of phenols is 1. The monoisotopic (exact) mass is 412 g/mol. The number of rotatable bonds is 1.